The quantitative estimate of drug-likeness (QED) is 0.669. The van der Waals surface area contributed by atoms with Gasteiger partial charge in [0.25, 0.3) is 0 Å². The summed E-state index contributed by atoms with van der Waals surface area (Å²) >= 11 is 0. The van der Waals surface area contributed by atoms with E-state index in [1.54, 1.807) is 0 Å². The van der Waals surface area contributed by atoms with Gasteiger partial charge in [-0.2, -0.15) is 0 Å². The summed E-state index contributed by atoms with van der Waals surface area (Å²) in [5, 5.41) is 17.8. The fraction of sp³-hybridized carbons (Fsp3) is 1.00. The smallest absolute Gasteiger partial charge is 0.0781 e. The van der Waals surface area contributed by atoms with Crippen molar-refractivity contribution >= 4 is 0 Å². The Labute approximate surface area is 93.5 Å². The monoisotopic (exact) mass is 218 g/mol. The SMILES string of the molecule is CC1CO1.CCC(CO)CC(CC)CO. The minimum Gasteiger partial charge on any atom is -0.396 e. The van der Waals surface area contributed by atoms with Crippen LogP contribution in [0.4, 0.5) is 0 Å². The third-order valence-electron chi connectivity index (χ3n) is 2.84. The lowest BCUT2D eigenvalue weighted by molar-refractivity contribution is 0.156. The second kappa shape index (κ2) is 9.13. The lowest BCUT2D eigenvalue weighted by Gasteiger charge is -2.17. The number of aliphatic hydroxyl groups is 2. The lowest BCUT2D eigenvalue weighted by Crippen LogP contribution is -2.14. The van der Waals surface area contributed by atoms with Gasteiger partial charge in [-0.05, 0) is 25.2 Å². The van der Waals surface area contributed by atoms with E-state index in [0.29, 0.717) is 17.9 Å². The summed E-state index contributed by atoms with van der Waals surface area (Å²) in [7, 11) is 0. The van der Waals surface area contributed by atoms with Crippen LogP contribution in [-0.2, 0) is 4.74 Å². The van der Waals surface area contributed by atoms with Gasteiger partial charge < -0.3 is 14.9 Å². The lowest BCUT2D eigenvalue weighted by atomic mass is 9.92. The Morgan fingerprint density at radius 2 is 1.47 bits per heavy atom. The Balaban J connectivity index is 0.000000401. The molecule has 0 aromatic carbocycles. The van der Waals surface area contributed by atoms with Gasteiger partial charge in [0.15, 0.2) is 0 Å². The number of epoxide rings is 1. The zero-order valence-electron chi connectivity index (χ0n) is 10.3. The Morgan fingerprint density at radius 3 is 1.60 bits per heavy atom. The van der Waals surface area contributed by atoms with E-state index in [1.807, 2.05) is 0 Å². The molecule has 0 saturated carbocycles. The highest BCUT2D eigenvalue weighted by Gasteiger charge is 2.13. The molecule has 0 radical (unpaired) electrons. The maximum atomic E-state index is 8.88. The van der Waals surface area contributed by atoms with E-state index in [9.17, 15) is 0 Å². The van der Waals surface area contributed by atoms with Gasteiger partial charge in [0.1, 0.15) is 0 Å². The number of aliphatic hydroxyl groups excluding tert-OH is 2. The van der Waals surface area contributed by atoms with E-state index >= 15 is 0 Å². The standard InChI is InChI=1S/C9H20O2.C3H6O/c1-3-8(6-10)5-9(4-2)7-11;1-3-2-4-3/h8-11H,3-7H2,1-2H3;3H,2H2,1H3. The molecule has 0 bridgehead atoms. The van der Waals surface area contributed by atoms with Crippen LogP contribution in [0.5, 0.6) is 0 Å². The highest BCUT2D eigenvalue weighted by atomic mass is 16.6. The molecule has 3 heteroatoms. The molecule has 1 rings (SSSR count). The molecule has 1 aliphatic heterocycles. The van der Waals surface area contributed by atoms with Gasteiger partial charge in [-0.15, -0.1) is 0 Å². The van der Waals surface area contributed by atoms with Gasteiger partial charge in [0, 0.05) is 13.2 Å². The average Bonchev–Trinajstić information content (AvgIpc) is 3.04. The summed E-state index contributed by atoms with van der Waals surface area (Å²) in [6, 6.07) is 0. The molecule has 15 heavy (non-hydrogen) atoms. The van der Waals surface area contributed by atoms with Crippen molar-refractivity contribution < 1.29 is 14.9 Å². The molecule has 92 valence electrons. The van der Waals surface area contributed by atoms with E-state index in [2.05, 4.69) is 20.8 Å². The third-order valence-corrected chi connectivity index (χ3v) is 2.84. The zero-order chi connectivity index (χ0) is 11.7. The summed E-state index contributed by atoms with van der Waals surface area (Å²) in [4.78, 5) is 0. The van der Waals surface area contributed by atoms with Crippen molar-refractivity contribution in [2.75, 3.05) is 19.8 Å². The molecular formula is C12H26O3. The van der Waals surface area contributed by atoms with Crippen LogP contribution < -0.4 is 0 Å². The van der Waals surface area contributed by atoms with Crippen LogP contribution in [0.2, 0.25) is 0 Å². The second-order valence-corrected chi connectivity index (χ2v) is 4.29. The molecule has 1 saturated heterocycles. The highest BCUT2D eigenvalue weighted by molar-refractivity contribution is 4.62. The van der Waals surface area contributed by atoms with Gasteiger partial charge in [0.2, 0.25) is 0 Å². The first-order valence-corrected chi connectivity index (χ1v) is 6.01. The molecule has 0 aliphatic carbocycles. The van der Waals surface area contributed by atoms with Crippen LogP contribution in [0.1, 0.15) is 40.0 Å². The van der Waals surface area contributed by atoms with Crippen LogP contribution in [0.3, 0.4) is 0 Å². The summed E-state index contributed by atoms with van der Waals surface area (Å²) in [6.45, 7) is 7.70. The predicted molar refractivity (Wildman–Crippen MR) is 61.8 cm³/mol. The van der Waals surface area contributed by atoms with E-state index in [-0.39, 0.29) is 13.2 Å². The third kappa shape index (κ3) is 8.85. The molecule has 0 aromatic rings. The van der Waals surface area contributed by atoms with E-state index in [1.165, 1.54) is 0 Å². The Bertz CT molecular complexity index is 117. The summed E-state index contributed by atoms with van der Waals surface area (Å²) in [5.74, 6) is 0.763. The van der Waals surface area contributed by atoms with E-state index in [0.717, 1.165) is 25.9 Å². The normalized spacial score (nSPS) is 22.6. The van der Waals surface area contributed by atoms with Crippen LogP contribution in [0.15, 0.2) is 0 Å². The van der Waals surface area contributed by atoms with Crippen molar-refractivity contribution in [2.24, 2.45) is 11.8 Å². The minimum absolute atomic E-state index is 0.257. The highest BCUT2D eigenvalue weighted by Crippen LogP contribution is 2.17. The Hall–Kier alpha value is -0.120. The number of hydrogen-bond donors (Lipinski definition) is 2. The predicted octanol–water partition coefficient (Wildman–Crippen LogP) is 1.82. The molecule has 0 aromatic heterocycles. The minimum atomic E-state index is 0.257. The van der Waals surface area contributed by atoms with Crippen molar-refractivity contribution in [2.45, 2.75) is 46.1 Å². The summed E-state index contributed by atoms with van der Waals surface area (Å²) in [5.41, 5.74) is 0. The zero-order valence-corrected chi connectivity index (χ0v) is 10.3. The van der Waals surface area contributed by atoms with Gasteiger partial charge in [-0.1, -0.05) is 26.7 Å². The summed E-state index contributed by atoms with van der Waals surface area (Å²) < 4.78 is 4.71. The largest absolute Gasteiger partial charge is 0.396 e. The molecule has 1 heterocycles. The molecule has 0 amide bonds. The number of rotatable bonds is 6. The second-order valence-electron chi connectivity index (χ2n) is 4.29. The first kappa shape index (κ1) is 14.9. The van der Waals surface area contributed by atoms with Crippen LogP contribution in [0, 0.1) is 11.8 Å². The van der Waals surface area contributed by atoms with Gasteiger partial charge in [0.05, 0.1) is 12.7 Å². The van der Waals surface area contributed by atoms with Crippen molar-refractivity contribution in [1.82, 2.24) is 0 Å². The van der Waals surface area contributed by atoms with Crippen LogP contribution in [-0.4, -0.2) is 36.1 Å². The Kier molecular flexibility index (Phi) is 9.06. The molecule has 3 unspecified atom stereocenters. The molecule has 3 nitrogen and oxygen atoms in total. The maximum absolute atomic E-state index is 8.88. The van der Waals surface area contributed by atoms with Gasteiger partial charge in [-0.3, -0.25) is 0 Å². The first-order valence-electron chi connectivity index (χ1n) is 6.01. The molecule has 2 N–H and O–H groups in total. The van der Waals surface area contributed by atoms with Crippen LogP contribution in [0.25, 0.3) is 0 Å². The van der Waals surface area contributed by atoms with Crippen molar-refractivity contribution in [3.05, 3.63) is 0 Å². The van der Waals surface area contributed by atoms with Crippen LogP contribution >= 0.6 is 0 Å². The Morgan fingerprint density at radius 1 is 1.13 bits per heavy atom. The molecule has 0 spiro atoms. The number of ether oxygens (including phenoxy) is 1. The van der Waals surface area contributed by atoms with Crippen molar-refractivity contribution in [1.29, 1.82) is 0 Å². The van der Waals surface area contributed by atoms with Gasteiger partial charge in [-0.25, -0.2) is 0 Å². The molecule has 3 atom stereocenters. The molecular weight excluding hydrogens is 192 g/mol. The van der Waals surface area contributed by atoms with Crippen molar-refractivity contribution in [3.63, 3.8) is 0 Å². The first-order chi connectivity index (χ1) is 7.17. The van der Waals surface area contributed by atoms with E-state index < -0.39 is 0 Å². The summed E-state index contributed by atoms with van der Waals surface area (Å²) in [6.07, 6.45) is 3.56. The maximum Gasteiger partial charge on any atom is 0.0781 e. The van der Waals surface area contributed by atoms with E-state index in [4.69, 9.17) is 14.9 Å². The molecule has 1 fully saturated rings. The fourth-order valence-corrected chi connectivity index (χ4v) is 1.31. The topological polar surface area (TPSA) is 53.0 Å². The van der Waals surface area contributed by atoms with Crippen molar-refractivity contribution in [3.8, 4) is 0 Å². The number of hydrogen-bond acceptors (Lipinski definition) is 3. The fourth-order valence-electron chi connectivity index (χ4n) is 1.31. The molecule has 1 aliphatic rings. The average molecular weight is 218 g/mol. The van der Waals surface area contributed by atoms with Gasteiger partial charge >= 0.3 is 0 Å².